The van der Waals surface area contributed by atoms with Crippen molar-refractivity contribution >= 4 is 17.1 Å². The summed E-state index contributed by atoms with van der Waals surface area (Å²) in [5, 5.41) is 11.8. The van der Waals surface area contributed by atoms with Crippen molar-refractivity contribution in [3.63, 3.8) is 0 Å². The van der Waals surface area contributed by atoms with Gasteiger partial charge in [-0.3, -0.25) is 18.7 Å². The number of aryl methyl sites for hydroxylation is 1. The SMILES string of the molecule is CCC(CO)NC(=O)Cn1cnc2c1c(=O)n(C)c(=O)n2C. The van der Waals surface area contributed by atoms with Gasteiger partial charge in [-0.2, -0.15) is 0 Å². The van der Waals surface area contributed by atoms with E-state index in [9.17, 15) is 14.4 Å². The van der Waals surface area contributed by atoms with Crippen LogP contribution >= 0.6 is 0 Å². The van der Waals surface area contributed by atoms with Crippen molar-refractivity contribution in [2.45, 2.75) is 25.9 Å². The summed E-state index contributed by atoms with van der Waals surface area (Å²) in [5.74, 6) is -0.337. The average molecular weight is 309 g/mol. The van der Waals surface area contributed by atoms with Gasteiger partial charge in [0.1, 0.15) is 6.54 Å². The molecule has 0 aliphatic heterocycles. The molecule has 1 unspecified atom stereocenters. The Morgan fingerprint density at radius 3 is 2.64 bits per heavy atom. The van der Waals surface area contributed by atoms with Crippen LogP contribution in [0.4, 0.5) is 0 Å². The molecule has 0 aliphatic rings. The van der Waals surface area contributed by atoms with Gasteiger partial charge in [0.05, 0.1) is 19.0 Å². The third kappa shape index (κ3) is 2.67. The zero-order valence-corrected chi connectivity index (χ0v) is 12.7. The Bertz CT molecular complexity index is 812. The van der Waals surface area contributed by atoms with Crippen LogP contribution in [-0.2, 0) is 25.4 Å². The smallest absolute Gasteiger partial charge is 0.332 e. The Morgan fingerprint density at radius 1 is 1.36 bits per heavy atom. The number of hydrogen-bond acceptors (Lipinski definition) is 5. The fraction of sp³-hybridized carbons (Fsp3) is 0.538. The minimum atomic E-state index is -0.502. The Balaban J connectivity index is 2.40. The van der Waals surface area contributed by atoms with Crippen LogP contribution in [0, 0.1) is 0 Å². The summed E-state index contributed by atoms with van der Waals surface area (Å²) in [6, 6.07) is -0.325. The first kappa shape index (κ1) is 16.0. The van der Waals surface area contributed by atoms with Gasteiger partial charge < -0.3 is 15.0 Å². The number of imidazole rings is 1. The summed E-state index contributed by atoms with van der Waals surface area (Å²) in [4.78, 5) is 40.1. The third-order valence-electron chi connectivity index (χ3n) is 3.61. The van der Waals surface area contributed by atoms with Crippen molar-refractivity contribution in [3.8, 4) is 0 Å². The lowest BCUT2D eigenvalue weighted by Gasteiger charge is -2.14. The van der Waals surface area contributed by atoms with Gasteiger partial charge in [-0.15, -0.1) is 0 Å². The Kier molecular flexibility index (Phi) is 4.45. The van der Waals surface area contributed by atoms with E-state index in [2.05, 4.69) is 10.3 Å². The summed E-state index contributed by atoms with van der Waals surface area (Å²) in [6.45, 7) is 1.59. The monoisotopic (exact) mass is 309 g/mol. The van der Waals surface area contributed by atoms with Gasteiger partial charge >= 0.3 is 5.69 Å². The number of carbonyl (C=O) groups excluding carboxylic acids is 1. The van der Waals surface area contributed by atoms with Crippen molar-refractivity contribution < 1.29 is 9.90 Å². The van der Waals surface area contributed by atoms with Gasteiger partial charge in [-0.25, -0.2) is 9.78 Å². The van der Waals surface area contributed by atoms with Crippen LogP contribution in [0.3, 0.4) is 0 Å². The number of rotatable bonds is 5. The molecule has 1 amide bonds. The van der Waals surface area contributed by atoms with Crippen molar-refractivity contribution in [2.24, 2.45) is 14.1 Å². The minimum absolute atomic E-state index is 0.111. The zero-order valence-electron chi connectivity index (χ0n) is 12.7. The number of aliphatic hydroxyl groups excluding tert-OH is 1. The van der Waals surface area contributed by atoms with Gasteiger partial charge in [0, 0.05) is 14.1 Å². The largest absolute Gasteiger partial charge is 0.394 e. The maximum Gasteiger partial charge on any atom is 0.332 e. The lowest BCUT2D eigenvalue weighted by molar-refractivity contribution is -0.122. The number of carbonyl (C=O) groups is 1. The average Bonchev–Trinajstić information content (AvgIpc) is 2.92. The first-order valence-electron chi connectivity index (χ1n) is 6.91. The molecule has 9 nitrogen and oxygen atoms in total. The predicted octanol–water partition coefficient (Wildman–Crippen LogP) is -1.68. The number of aromatic nitrogens is 4. The van der Waals surface area contributed by atoms with Crippen LogP contribution in [0.2, 0.25) is 0 Å². The molecule has 2 N–H and O–H groups in total. The molecular formula is C13H19N5O4. The van der Waals surface area contributed by atoms with Crippen LogP contribution in [-0.4, -0.2) is 42.3 Å². The highest BCUT2D eigenvalue weighted by Crippen LogP contribution is 2.05. The van der Waals surface area contributed by atoms with Crippen LogP contribution in [0.15, 0.2) is 15.9 Å². The Hall–Kier alpha value is -2.42. The van der Waals surface area contributed by atoms with Gasteiger partial charge in [0.2, 0.25) is 5.91 Å². The lowest BCUT2D eigenvalue weighted by atomic mass is 10.2. The number of nitrogens with one attached hydrogen (secondary N) is 1. The molecule has 22 heavy (non-hydrogen) atoms. The Labute approximate surface area is 125 Å². The van der Waals surface area contributed by atoms with E-state index >= 15 is 0 Å². The number of fused-ring (bicyclic) bond motifs is 1. The fourth-order valence-electron chi connectivity index (χ4n) is 2.22. The van der Waals surface area contributed by atoms with Crippen LogP contribution in [0.5, 0.6) is 0 Å². The molecule has 1 atom stereocenters. The molecule has 0 saturated carbocycles. The normalized spacial score (nSPS) is 12.5. The van der Waals surface area contributed by atoms with Gasteiger partial charge in [0.15, 0.2) is 11.2 Å². The molecule has 2 aromatic heterocycles. The third-order valence-corrected chi connectivity index (χ3v) is 3.61. The summed E-state index contributed by atoms with van der Waals surface area (Å²) < 4.78 is 3.63. The summed E-state index contributed by atoms with van der Waals surface area (Å²) >= 11 is 0. The quantitative estimate of drug-likeness (QED) is 0.685. The maximum absolute atomic E-state index is 12.2. The van der Waals surface area contributed by atoms with Crippen molar-refractivity contribution in [1.29, 1.82) is 0 Å². The van der Waals surface area contributed by atoms with Crippen LogP contribution < -0.4 is 16.6 Å². The number of aliphatic hydroxyl groups is 1. The molecular weight excluding hydrogens is 290 g/mol. The van der Waals surface area contributed by atoms with E-state index < -0.39 is 11.2 Å². The molecule has 2 rings (SSSR count). The highest BCUT2D eigenvalue weighted by molar-refractivity contribution is 5.79. The fourth-order valence-corrected chi connectivity index (χ4v) is 2.22. The van der Waals surface area contributed by atoms with Gasteiger partial charge in [0.25, 0.3) is 5.56 Å². The molecule has 120 valence electrons. The predicted molar refractivity (Wildman–Crippen MR) is 79.5 cm³/mol. The summed E-state index contributed by atoms with van der Waals surface area (Å²) in [6.07, 6.45) is 1.95. The van der Waals surface area contributed by atoms with Gasteiger partial charge in [-0.1, -0.05) is 6.92 Å². The molecule has 0 spiro atoms. The van der Waals surface area contributed by atoms with Crippen LogP contribution in [0.25, 0.3) is 11.2 Å². The molecule has 0 aliphatic carbocycles. The second-order valence-electron chi connectivity index (χ2n) is 5.11. The molecule has 0 saturated heterocycles. The van der Waals surface area contributed by atoms with E-state index in [4.69, 9.17) is 5.11 Å². The standard InChI is InChI=1S/C13H19N5O4/c1-4-8(6-19)15-9(20)5-18-7-14-11-10(18)12(21)17(3)13(22)16(11)2/h7-8,19H,4-6H2,1-3H3,(H,15,20). The lowest BCUT2D eigenvalue weighted by Crippen LogP contribution is -2.40. The minimum Gasteiger partial charge on any atom is -0.394 e. The first-order chi connectivity index (χ1) is 10.4. The van der Waals surface area contributed by atoms with E-state index in [0.717, 1.165) is 4.57 Å². The van der Waals surface area contributed by atoms with E-state index in [1.54, 1.807) is 0 Å². The molecule has 2 aromatic rings. The molecule has 0 aromatic carbocycles. The van der Waals surface area contributed by atoms with Crippen molar-refractivity contribution in [3.05, 3.63) is 27.2 Å². The first-order valence-corrected chi connectivity index (χ1v) is 6.91. The molecule has 0 fully saturated rings. The van der Waals surface area contributed by atoms with Crippen LogP contribution in [0.1, 0.15) is 13.3 Å². The second-order valence-corrected chi connectivity index (χ2v) is 5.11. The molecule has 0 bridgehead atoms. The second kappa shape index (κ2) is 6.14. The van der Waals surface area contributed by atoms with E-state index in [0.29, 0.717) is 6.42 Å². The molecule has 2 heterocycles. The van der Waals surface area contributed by atoms with E-state index in [-0.39, 0.29) is 36.3 Å². The van der Waals surface area contributed by atoms with Crippen molar-refractivity contribution in [2.75, 3.05) is 6.61 Å². The van der Waals surface area contributed by atoms with Gasteiger partial charge in [-0.05, 0) is 6.42 Å². The molecule has 9 heteroatoms. The zero-order chi connectivity index (χ0) is 16.4. The maximum atomic E-state index is 12.2. The summed E-state index contributed by atoms with van der Waals surface area (Å²) in [5.41, 5.74) is -0.553. The topological polar surface area (TPSA) is 111 Å². The molecule has 0 radical (unpaired) electrons. The number of amides is 1. The highest BCUT2D eigenvalue weighted by atomic mass is 16.3. The summed E-state index contributed by atoms with van der Waals surface area (Å²) in [7, 11) is 2.89. The number of nitrogens with zero attached hydrogens (tertiary/aromatic N) is 4. The number of hydrogen-bond donors (Lipinski definition) is 2. The Morgan fingerprint density at radius 2 is 2.05 bits per heavy atom. The van der Waals surface area contributed by atoms with Crippen molar-refractivity contribution in [1.82, 2.24) is 24.0 Å². The highest BCUT2D eigenvalue weighted by Gasteiger charge is 2.16. The van der Waals surface area contributed by atoms with E-state index in [1.807, 2.05) is 6.92 Å². The van der Waals surface area contributed by atoms with E-state index in [1.165, 1.54) is 29.6 Å².